The van der Waals surface area contributed by atoms with Crippen molar-refractivity contribution in [3.63, 3.8) is 0 Å². The topological polar surface area (TPSA) is 57.7 Å². The molecule has 0 N–H and O–H groups in total. The van der Waals surface area contributed by atoms with Crippen molar-refractivity contribution < 1.29 is 17.6 Å². The Hall–Kier alpha value is -1.47. The Labute approximate surface area is 166 Å². The number of sulfonamides is 1. The van der Waals surface area contributed by atoms with Crippen molar-refractivity contribution in [3.8, 4) is 0 Å². The highest BCUT2D eigenvalue weighted by Crippen LogP contribution is 2.42. The van der Waals surface area contributed by atoms with Crippen LogP contribution in [0.1, 0.15) is 63.4 Å². The monoisotopic (exact) mass is 408 g/mol. The van der Waals surface area contributed by atoms with Gasteiger partial charge in [0.2, 0.25) is 15.9 Å². The zero-order chi connectivity index (χ0) is 19.9. The smallest absolute Gasteiger partial charge is 0.243 e. The van der Waals surface area contributed by atoms with Gasteiger partial charge in [-0.2, -0.15) is 4.31 Å². The number of carbonyl (C=O) groups is 1. The van der Waals surface area contributed by atoms with Crippen molar-refractivity contribution in [3.05, 3.63) is 29.6 Å². The molecule has 0 atom stereocenters. The lowest BCUT2D eigenvalue weighted by Gasteiger charge is -2.54. The fourth-order valence-electron chi connectivity index (χ4n) is 5.48. The van der Waals surface area contributed by atoms with Gasteiger partial charge < -0.3 is 4.90 Å². The Kier molecular flexibility index (Phi) is 5.25. The molecule has 0 unspecified atom stereocenters. The van der Waals surface area contributed by atoms with Gasteiger partial charge >= 0.3 is 0 Å². The molecule has 1 aromatic carbocycles. The fraction of sp³-hybridized carbons (Fsp3) is 0.667. The molecule has 1 amide bonds. The van der Waals surface area contributed by atoms with E-state index in [1.54, 1.807) is 6.92 Å². The van der Waals surface area contributed by atoms with Crippen LogP contribution in [0, 0.1) is 12.7 Å². The molecule has 0 aromatic heterocycles. The van der Waals surface area contributed by atoms with E-state index in [1.807, 2.05) is 0 Å². The Morgan fingerprint density at radius 1 is 1.07 bits per heavy atom. The van der Waals surface area contributed by atoms with Crippen molar-refractivity contribution in [2.45, 2.75) is 81.2 Å². The third kappa shape index (κ3) is 3.36. The molecule has 3 fully saturated rings. The Bertz CT molecular complexity index is 858. The highest BCUT2D eigenvalue weighted by molar-refractivity contribution is 7.89. The van der Waals surface area contributed by atoms with Crippen molar-refractivity contribution in [2.75, 3.05) is 13.1 Å². The second-order valence-electron chi connectivity index (χ2n) is 8.67. The van der Waals surface area contributed by atoms with Crippen molar-refractivity contribution in [1.82, 2.24) is 9.21 Å². The summed E-state index contributed by atoms with van der Waals surface area (Å²) >= 11 is 0. The normalized spacial score (nSPS) is 24.2. The summed E-state index contributed by atoms with van der Waals surface area (Å²) in [5.41, 5.74) is 0.0985. The number of carbonyl (C=O) groups excluding carboxylic acids is 1. The Morgan fingerprint density at radius 2 is 1.75 bits per heavy atom. The molecule has 7 heteroatoms. The van der Waals surface area contributed by atoms with Crippen LogP contribution < -0.4 is 0 Å². The molecule has 2 saturated carbocycles. The average Bonchev–Trinajstić information content (AvgIpc) is 3.18. The molecule has 1 aromatic rings. The van der Waals surface area contributed by atoms with Gasteiger partial charge in [0.15, 0.2) is 0 Å². The predicted octanol–water partition coefficient (Wildman–Crippen LogP) is 3.61. The summed E-state index contributed by atoms with van der Waals surface area (Å²) in [4.78, 5) is 15.3. The van der Waals surface area contributed by atoms with E-state index in [0.717, 1.165) is 63.9 Å². The minimum absolute atomic E-state index is 0.0272. The summed E-state index contributed by atoms with van der Waals surface area (Å²) in [6, 6.07) is 4.06. The summed E-state index contributed by atoms with van der Waals surface area (Å²) in [7, 11) is -3.92. The molecule has 4 rings (SSSR count). The van der Waals surface area contributed by atoms with Crippen LogP contribution in [0.3, 0.4) is 0 Å². The molecule has 0 radical (unpaired) electrons. The quantitative estimate of drug-likeness (QED) is 0.768. The van der Waals surface area contributed by atoms with Crippen molar-refractivity contribution in [2.24, 2.45) is 0 Å². The zero-order valence-electron chi connectivity index (χ0n) is 16.5. The van der Waals surface area contributed by atoms with Gasteiger partial charge in [-0.3, -0.25) is 4.79 Å². The standard InChI is InChI=1S/C21H29FN2O3S/c1-16-9-10-17(22)13-19(16)28(26,27)23-14-20(25)24(18-7-3-4-8-18)21(15-23)11-5-2-6-12-21/h9-10,13,18H,2-8,11-12,14-15H2,1H3. The van der Waals surface area contributed by atoms with Gasteiger partial charge in [0.1, 0.15) is 5.82 Å². The first-order valence-electron chi connectivity index (χ1n) is 10.4. The summed E-state index contributed by atoms with van der Waals surface area (Å²) in [6.07, 6.45) is 9.17. The van der Waals surface area contributed by atoms with E-state index >= 15 is 0 Å². The number of nitrogens with zero attached hydrogens (tertiary/aromatic N) is 2. The molecular weight excluding hydrogens is 379 g/mol. The van der Waals surface area contributed by atoms with Crippen LogP contribution in [-0.4, -0.2) is 48.2 Å². The fourth-order valence-corrected chi connectivity index (χ4v) is 7.18. The summed E-state index contributed by atoms with van der Waals surface area (Å²) in [5.74, 6) is -0.662. The van der Waals surface area contributed by atoms with E-state index in [0.29, 0.717) is 12.1 Å². The summed E-state index contributed by atoms with van der Waals surface area (Å²) in [6.45, 7) is 1.85. The minimum Gasteiger partial charge on any atom is -0.332 e. The van der Waals surface area contributed by atoms with Crippen LogP contribution in [-0.2, 0) is 14.8 Å². The largest absolute Gasteiger partial charge is 0.332 e. The molecule has 1 heterocycles. The van der Waals surface area contributed by atoms with Crippen LogP contribution in [0.5, 0.6) is 0 Å². The van der Waals surface area contributed by atoms with Crippen LogP contribution in [0.4, 0.5) is 4.39 Å². The average molecular weight is 409 g/mol. The molecular formula is C21H29FN2O3S. The van der Waals surface area contributed by atoms with E-state index in [2.05, 4.69) is 4.90 Å². The molecule has 154 valence electrons. The van der Waals surface area contributed by atoms with Gasteiger partial charge in [0.05, 0.1) is 17.0 Å². The van der Waals surface area contributed by atoms with Gasteiger partial charge in [-0.25, -0.2) is 12.8 Å². The van der Waals surface area contributed by atoms with Crippen LogP contribution in [0.25, 0.3) is 0 Å². The van der Waals surface area contributed by atoms with Gasteiger partial charge in [-0.1, -0.05) is 38.2 Å². The molecule has 3 aliphatic rings. The number of halogens is 1. The van der Waals surface area contributed by atoms with Crippen LogP contribution in [0.2, 0.25) is 0 Å². The maximum absolute atomic E-state index is 13.8. The molecule has 1 saturated heterocycles. The lowest BCUT2D eigenvalue weighted by Crippen LogP contribution is -2.68. The highest BCUT2D eigenvalue weighted by Gasteiger charge is 2.51. The maximum Gasteiger partial charge on any atom is 0.243 e. The van der Waals surface area contributed by atoms with Crippen molar-refractivity contribution >= 4 is 15.9 Å². The number of benzene rings is 1. The molecule has 2 aliphatic carbocycles. The number of piperazine rings is 1. The van der Waals surface area contributed by atoms with Crippen LogP contribution in [0.15, 0.2) is 23.1 Å². The van der Waals surface area contributed by atoms with E-state index in [1.165, 1.54) is 16.4 Å². The molecule has 5 nitrogen and oxygen atoms in total. The molecule has 0 bridgehead atoms. The molecule has 1 spiro atoms. The third-order valence-corrected chi connectivity index (χ3v) is 8.74. The number of aryl methyl sites for hydroxylation is 1. The van der Waals surface area contributed by atoms with E-state index < -0.39 is 21.4 Å². The number of amides is 1. The predicted molar refractivity (Wildman–Crippen MR) is 105 cm³/mol. The van der Waals surface area contributed by atoms with Gasteiger partial charge in [-0.15, -0.1) is 0 Å². The summed E-state index contributed by atoms with van der Waals surface area (Å²) in [5, 5.41) is 0. The second-order valence-corrected chi connectivity index (χ2v) is 10.6. The molecule has 1 aliphatic heterocycles. The van der Waals surface area contributed by atoms with E-state index in [-0.39, 0.29) is 23.4 Å². The highest BCUT2D eigenvalue weighted by atomic mass is 32.2. The number of hydrogen-bond acceptors (Lipinski definition) is 3. The Morgan fingerprint density at radius 3 is 2.43 bits per heavy atom. The molecule has 28 heavy (non-hydrogen) atoms. The first-order chi connectivity index (χ1) is 13.3. The number of rotatable bonds is 3. The number of hydrogen-bond donors (Lipinski definition) is 0. The SMILES string of the molecule is Cc1ccc(F)cc1S(=O)(=O)N1CC(=O)N(C2CCCC2)C2(CCCCC2)C1. The maximum atomic E-state index is 13.8. The summed E-state index contributed by atoms with van der Waals surface area (Å²) < 4.78 is 41.8. The van der Waals surface area contributed by atoms with Gasteiger partial charge in [0.25, 0.3) is 0 Å². The van der Waals surface area contributed by atoms with Crippen molar-refractivity contribution in [1.29, 1.82) is 0 Å². The van der Waals surface area contributed by atoms with Crippen LogP contribution >= 0.6 is 0 Å². The van der Waals surface area contributed by atoms with Gasteiger partial charge in [0, 0.05) is 12.6 Å². The van der Waals surface area contributed by atoms with E-state index in [9.17, 15) is 17.6 Å². The lowest BCUT2D eigenvalue weighted by molar-refractivity contribution is -0.150. The van der Waals surface area contributed by atoms with Gasteiger partial charge in [-0.05, 0) is 50.3 Å². The zero-order valence-corrected chi connectivity index (χ0v) is 17.3. The first kappa shape index (κ1) is 19.8. The second kappa shape index (κ2) is 7.41. The lowest BCUT2D eigenvalue weighted by atomic mass is 9.78. The van der Waals surface area contributed by atoms with E-state index in [4.69, 9.17) is 0 Å². The first-order valence-corrected chi connectivity index (χ1v) is 11.9. The third-order valence-electron chi connectivity index (χ3n) is 6.80. The Balaban J connectivity index is 1.70. The minimum atomic E-state index is -3.92.